The van der Waals surface area contributed by atoms with Crippen LogP contribution in [-0.4, -0.2) is 63.5 Å². The lowest BCUT2D eigenvalue weighted by atomic mass is 10.1. The van der Waals surface area contributed by atoms with E-state index in [1.807, 2.05) is 13.1 Å². The molecule has 2 unspecified atom stereocenters. The monoisotopic (exact) mass is 475 g/mol. The van der Waals surface area contributed by atoms with Gasteiger partial charge in [-0.1, -0.05) is 24.3 Å². The number of benzene rings is 1. The number of guanidine groups is 1. The predicted molar refractivity (Wildman–Crippen MR) is 113 cm³/mol. The summed E-state index contributed by atoms with van der Waals surface area (Å²) in [5.41, 5.74) is 2.43. The Morgan fingerprint density at radius 3 is 2.69 bits per heavy atom. The third kappa shape index (κ3) is 5.55. The molecule has 0 amide bonds. The van der Waals surface area contributed by atoms with Crippen LogP contribution in [0.15, 0.2) is 29.3 Å². The first-order valence-electron chi connectivity index (χ1n) is 9.06. The molecule has 2 heterocycles. The number of nitrogens with one attached hydrogen (secondary N) is 1. The molecule has 6 nitrogen and oxygen atoms in total. The van der Waals surface area contributed by atoms with Gasteiger partial charge in [0.05, 0.1) is 19.3 Å². The molecule has 0 saturated carbocycles. The Bertz CT molecular complexity index is 579. The van der Waals surface area contributed by atoms with Crippen molar-refractivity contribution in [3.8, 4) is 0 Å². The summed E-state index contributed by atoms with van der Waals surface area (Å²) in [5.74, 6) is 0.915. The number of hydrogen-bond acceptors (Lipinski definition) is 4. The fourth-order valence-electron chi connectivity index (χ4n) is 3.52. The zero-order valence-electron chi connectivity index (χ0n) is 15.6. The largest absolute Gasteiger partial charge is 0.380 e. The summed E-state index contributed by atoms with van der Waals surface area (Å²) in [7, 11) is 3.56. The topological polar surface area (TPSA) is 55.3 Å². The number of rotatable bonds is 5. The molecule has 2 saturated heterocycles. The lowest BCUT2D eigenvalue weighted by molar-refractivity contribution is -0.0817. The summed E-state index contributed by atoms with van der Waals surface area (Å²) in [6, 6.07) is 8.33. The minimum Gasteiger partial charge on any atom is -0.380 e. The van der Waals surface area contributed by atoms with Crippen LogP contribution in [0.5, 0.6) is 0 Å². The maximum Gasteiger partial charge on any atom is 0.194 e. The van der Waals surface area contributed by atoms with Crippen LogP contribution in [0.4, 0.5) is 0 Å². The van der Waals surface area contributed by atoms with E-state index >= 15 is 0 Å². The number of methoxy groups -OCH3 is 1. The second-order valence-electron chi connectivity index (χ2n) is 6.51. The average molecular weight is 475 g/mol. The minimum absolute atomic E-state index is 0. The summed E-state index contributed by atoms with van der Waals surface area (Å²) in [4.78, 5) is 6.74. The smallest absolute Gasteiger partial charge is 0.194 e. The summed E-state index contributed by atoms with van der Waals surface area (Å²) in [5, 5.41) is 3.49. The maximum atomic E-state index is 5.93. The number of hydrogen-bond donors (Lipinski definition) is 1. The molecule has 2 fully saturated rings. The number of ether oxygens (including phenoxy) is 3. The Balaban J connectivity index is 0.00000243. The van der Waals surface area contributed by atoms with Crippen LogP contribution < -0.4 is 5.32 Å². The molecule has 3 rings (SSSR count). The molecule has 2 aliphatic heterocycles. The van der Waals surface area contributed by atoms with Crippen LogP contribution in [0.3, 0.4) is 0 Å². The second-order valence-corrected chi connectivity index (χ2v) is 6.51. The van der Waals surface area contributed by atoms with E-state index < -0.39 is 0 Å². The Morgan fingerprint density at radius 2 is 2.00 bits per heavy atom. The molecule has 0 aliphatic carbocycles. The maximum absolute atomic E-state index is 5.93. The van der Waals surface area contributed by atoms with Crippen LogP contribution >= 0.6 is 24.0 Å². The van der Waals surface area contributed by atoms with Crippen LogP contribution in [0.25, 0.3) is 0 Å². The molecule has 0 aromatic heterocycles. The van der Waals surface area contributed by atoms with Crippen LogP contribution in [0.1, 0.15) is 24.0 Å². The van der Waals surface area contributed by atoms with Crippen molar-refractivity contribution in [2.24, 2.45) is 4.99 Å². The van der Waals surface area contributed by atoms with Gasteiger partial charge < -0.3 is 24.4 Å². The van der Waals surface area contributed by atoms with Gasteiger partial charge in [0.25, 0.3) is 0 Å². The lowest BCUT2D eigenvalue weighted by Gasteiger charge is -2.37. The van der Waals surface area contributed by atoms with Crippen molar-refractivity contribution in [1.82, 2.24) is 10.2 Å². The van der Waals surface area contributed by atoms with Crippen molar-refractivity contribution in [3.05, 3.63) is 35.4 Å². The van der Waals surface area contributed by atoms with Crippen molar-refractivity contribution in [2.75, 3.05) is 40.5 Å². The van der Waals surface area contributed by atoms with Crippen molar-refractivity contribution < 1.29 is 14.2 Å². The van der Waals surface area contributed by atoms with Gasteiger partial charge in [-0.3, -0.25) is 4.99 Å². The lowest BCUT2D eigenvalue weighted by Crippen LogP contribution is -2.53. The third-order valence-corrected chi connectivity index (χ3v) is 4.84. The zero-order valence-corrected chi connectivity index (χ0v) is 18.0. The standard InChI is InChI=1S/C19H29N3O3.HI/c1-20-19(21-12-15-6-3-4-7-16(15)14-23-2)22-9-11-25-18(13-22)17-8-5-10-24-17;/h3-4,6-7,17-18H,5,8-14H2,1-2H3,(H,20,21);1H. The number of nitrogens with zero attached hydrogens (tertiary/aromatic N) is 2. The van der Waals surface area contributed by atoms with Gasteiger partial charge in [0.2, 0.25) is 0 Å². The van der Waals surface area contributed by atoms with E-state index in [2.05, 4.69) is 33.4 Å². The molecular formula is C19H30IN3O3. The Labute approximate surface area is 173 Å². The molecule has 7 heteroatoms. The van der Waals surface area contributed by atoms with E-state index in [0.29, 0.717) is 13.2 Å². The fourth-order valence-corrected chi connectivity index (χ4v) is 3.52. The van der Waals surface area contributed by atoms with E-state index in [9.17, 15) is 0 Å². The fraction of sp³-hybridized carbons (Fsp3) is 0.632. The van der Waals surface area contributed by atoms with Gasteiger partial charge in [-0.15, -0.1) is 24.0 Å². The highest BCUT2D eigenvalue weighted by Gasteiger charge is 2.32. The van der Waals surface area contributed by atoms with E-state index in [1.165, 1.54) is 11.1 Å². The first-order chi connectivity index (χ1) is 12.3. The summed E-state index contributed by atoms with van der Waals surface area (Å²) >= 11 is 0. The predicted octanol–water partition coefficient (Wildman–Crippen LogP) is 2.41. The third-order valence-electron chi connectivity index (χ3n) is 4.84. The van der Waals surface area contributed by atoms with Gasteiger partial charge in [-0.25, -0.2) is 0 Å². The molecule has 1 aromatic carbocycles. The molecule has 1 aromatic rings. The first-order valence-corrected chi connectivity index (χ1v) is 9.06. The number of halogens is 1. The highest BCUT2D eigenvalue weighted by atomic mass is 127. The molecule has 0 bridgehead atoms. The minimum atomic E-state index is 0. The van der Waals surface area contributed by atoms with Gasteiger partial charge in [0.15, 0.2) is 5.96 Å². The first kappa shape index (κ1) is 21.4. The van der Waals surface area contributed by atoms with Crippen LogP contribution in [0, 0.1) is 0 Å². The van der Waals surface area contributed by atoms with Gasteiger partial charge in [-0.05, 0) is 24.0 Å². The summed E-state index contributed by atoms with van der Waals surface area (Å²) < 4.78 is 17.0. The molecular weight excluding hydrogens is 445 g/mol. The van der Waals surface area contributed by atoms with E-state index in [0.717, 1.165) is 45.0 Å². The average Bonchev–Trinajstić information content (AvgIpc) is 3.19. The SMILES string of the molecule is CN=C(NCc1ccccc1COC)N1CCOC(C2CCCO2)C1.I. The Morgan fingerprint density at radius 1 is 1.23 bits per heavy atom. The molecule has 146 valence electrons. The second kappa shape index (κ2) is 11.1. The van der Waals surface area contributed by atoms with E-state index in [1.54, 1.807) is 7.11 Å². The molecule has 0 spiro atoms. The Hall–Kier alpha value is -0.900. The van der Waals surface area contributed by atoms with Crippen molar-refractivity contribution >= 4 is 29.9 Å². The van der Waals surface area contributed by atoms with Gasteiger partial charge in [-0.2, -0.15) is 0 Å². The van der Waals surface area contributed by atoms with Crippen LogP contribution in [0.2, 0.25) is 0 Å². The Kier molecular flexibility index (Phi) is 9.10. The van der Waals surface area contributed by atoms with Gasteiger partial charge in [0, 0.05) is 40.4 Å². The summed E-state index contributed by atoms with van der Waals surface area (Å²) in [6.07, 6.45) is 2.59. The van der Waals surface area contributed by atoms with E-state index in [4.69, 9.17) is 14.2 Å². The normalized spacial score (nSPS) is 23.6. The zero-order chi connectivity index (χ0) is 17.5. The van der Waals surface area contributed by atoms with E-state index in [-0.39, 0.29) is 36.2 Å². The highest BCUT2D eigenvalue weighted by Crippen LogP contribution is 2.21. The van der Waals surface area contributed by atoms with Crippen molar-refractivity contribution in [1.29, 1.82) is 0 Å². The van der Waals surface area contributed by atoms with Crippen molar-refractivity contribution in [3.63, 3.8) is 0 Å². The molecule has 26 heavy (non-hydrogen) atoms. The molecule has 2 aliphatic rings. The van der Waals surface area contributed by atoms with Gasteiger partial charge in [0.1, 0.15) is 6.10 Å². The number of aliphatic imine (C=N–C) groups is 1. The molecule has 2 atom stereocenters. The van der Waals surface area contributed by atoms with Crippen molar-refractivity contribution in [2.45, 2.75) is 38.2 Å². The molecule has 1 N–H and O–H groups in total. The van der Waals surface area contributed by atoms with Gasteiger partial charge >= 0.3 is 0 Å². The van der Waals surface area contributed by atoms with Crippen LogP contribution in [-0.2, 0) is 27.4 Å². The summed E-state index contributed by atoms with van der Waals surface area (Å²) in [6.45, 7) is 4.59. The quantitative estimate of drug-likeness (QED) is 0.403. The number of morpholine rings is 1. The highest BCUT2D eigenvalue weighted by molar-refractivity contribution is 14.0. The molecule has 0 radical (unpaired) electrons.